The molecule has 0 saturated carbocycles. The number of unbranched alkanes of at least 4 members (excludes halogenated alkanes) is 1. The maximum absolute atomic E-state index is 6.32. The summed E-state index contributed by atoms with van der Waals surface area (Å²) < 4.78 is 14.6. The van der Waals surface area contributed by atoms with E-state index in [0.29, 0.717) is 6.54 Å². The van der Waals surface area contributed by atoms with E-state index in [4.69, 9.17) is 9.31 Å². The molecule has 1 aromatic heterocycles. The molecule has 7 nitrogen and oxygen atoms in total. The zero-order valence-corrected chi connectivity index (χ0v) is 28.0. The molecule has 0 aliphatic carbocycles. The van der Waals surface area contributed by atoms with Crippen LogP contribution >= 0.6 is 0 Å². The average Bonchev–Trinajstić information content (AvgIpc) is 3.65. The smallest absolute Gasteiger partial charge is 0.403 e. The number of nitrogens with one attached hydrogen (secondary N) is 1. The van der Waals surface area contributed by atoms with Crippen molar-refractivity contribution < 1.29 is 9.31 Å². The lowest BCUT2D eigenvalue weighted by Gasteiger charge is -2.40. The number of hydrogen-bond acceptors (Lipinski definition) is 6. The summed E-state index contributed by atoms with van der Waals surface area (Å²) in [6.07, 6.45) is 4.41. The fourth-order valence-electron chi connectivity index (χ4n) is 6.58. The van der Waals surface area contributed by atoms with Crippen LogP contribution in [-0.2, 0) is 27.8 Å². The Labute approximate surface area is 279 Å². The van der Waals surface area contributed by atoms with Gasteiger partial charge in [0, 0.05) is 6.54 Å². The van der Waals surface area contributed by atoms with Gasteiger partial charge in [0.1, 0.15) is 0 Å². The van der Waals surface area contributed by atoms with Crippen molar-refractivity contribution >= 4 is 7.12 Å². The van der Waals surface area contributed by atoms with Gasteiger partial charge in [-0.3, -0.25) is 5.32 Å². The van der Waals surface area contributed by atoms with Crippen LogP contribution in [0.3, 0.4) is 0 Å². The summed E-state index contributed by atoms with van der Waals surface area (Å²) in [6.45, 7) is 9.13. The number of hydrogen-bond donors (Lipinski definition) is 1. The van der Waals surface area contributed by atoms with Crippen molar-refractivity contribution in [3.05, 3.63) is 149 Å². The van der Waals surface area contributed by atoms with Crippen molar-refractivity contribution in [1.82, 2.24) is 25.5 Å². The molecule has 0 spiro atoms. The zero-order chi connectivity index (χ0) is 32.7. The predicted octanol–water partition coefficient (Wildman–Crippen LogP) is 7.80. The Balaban J connectivity index is 1.34. The van der Waals surface area contributed by atoms with Crippen LogP contribution in [0, 0.1) is 0 Å². The molecule has 1 N–H and O–H groups in total. The Morgan fingerprint density at radius 1 is 0.702 bits per heavy atom. The Bertz CT molecular complexity index is 1570. The van der Waals surface area contributed by atoms with Gasteiger partial charge in [0.05, 0.1) is 22.8 Å². The molecule has 1 aliphatic rings. The lowest BCUT2D eigenvalue weighted by atomic mass is 9.76. The third-order valence-corrected chi connectivity index (χ3v) is 9.82. The molecule has 47 heavy (non-hydrogen) atoms. The molecule has 1 atom stereocenters. The molecule has 5 aromatic rings. The summed E-state index contributed by atoms with van der Waals surface area (Å²) in [5.74, 6) is 0.837. The molecule has 1 unspecified atom stereocenters. The van der Waals surface area contributed by atoms with Crippen LogP contribution < -0.4 is 5.32 Å². The summed E-state index contributed by atoms with van der Waals surface area (Å²) >= 11 is 0. The highest BCUT2D eigenvalue weighted by Gasteiger charge is 2.50. The van der Waals surface area contributed by atoms with Crippen molar-refractivity contribution in [2.75, 3.05) is 0 Å². The van der Waals surface area contributed by atoms with Crippen LogP contribution in [0.5, 0.6) is 0 Å². The Morgan fingerprint density at radius 2 is 1.19 bits per heavy atom. The molecule has 1 aliphatic heterocycles. The van der Waals surface area contributed by atoms with E-state index >= 15 is 0 Å². The minimum atomic E-state index is -0.656. The van der Waals surface area contributed by atoms with Crippen molar-refractivity contribution in [2.45, 2.75) is 89.0 Å². The summed E-state index contributed by atoms with van der Waals surface area (Å²) in [5.41, 5.74) is 3.41. The SMILES string of the molecule is CC1(C)OB(CCCCC(NC(c2ccccc2)(c2ccccc2)c2ccccc2)c2nnnn2CCc2ccccc2)OC1(C)C. The lowest BCUT2D eigenvalue weighted by Crippen LogP contribution is -2.47. The number of nitrogens with zero attached hydrogens (tertiary/aromatic N) is 4. The van der Waals surface area contributed by atoms with Crippen LogP contribution in [0.1, 0.15) is 81.1 Å². The zero-order valence-electron chi connectivity index (χ0n) is 28.0. The third-order valence-electron chi connectivity index (χ3n) is 9.82. The van der Waals surface area contributed by atoms with Crippen molar-refractivity contribution in [2.24, 2.45) is 0 Å². The van der Waals surface area contributed by atoms with Crippen LogP contribution in [0.2, 0.25) is 6.32 Å². The van der Waals surface area contributed by atoms with Gasteiger partial charge in [0.2, 0.25) is 0 Å². The van der Waals surface area contributed by atoms with Crippen molar-refractivity contribution in [3.63, 3.8) is 0 Å². The van der Waals surface area contributed by atoms with E-state index in [-0.39, 0.29) is 24.4 Å². The van der Waals surface area contributed by atoms with E-state index in [1.165, 1.54) is 5.56 Å². The van der Waals surface area contributed by atoms with Gasteiger partial charge in [0.15, 0.2) is 5.82 Å². The molecule has 0 amide bonds. The summed E-state index contributed by atoms with van der Waals surface area (Å²) in [6, 6.07) is 42.5. The van der Waals surface area contributed by atoms with Crippen molar-refractivity contribution in [1.29, 1.82) is 0 Å². The van der Waals surface area contributed by atoms with E-state index < -0.39 is 5.54 Å². The molecule has 6 rings (SSSR count). The second-order valence-electron chi connectivity index (χ2n) is 13.5. The molecule has 2 heterocycles. The monoisotopic (exact) mass is 627 g/mol. The number of rotatable bonds is 14. The van der Waals surface area contributed by atoms with Crippen LogP contribution in [-0.4, -0.2) is 38.5 Å². The number of tetrazole rings is 1. The summed E-state index contributed by atoms with van der Waals surface area (Å²) in [7, 11) is -0.209. The molecular formula is C39H46BN5O2. The first-order valence-electron chi connectivity index (χ1n) is 16.9. The molecule has 0 radical (unpaired) electrons. The van der Waals surface area contributed by atoms with Crippen LogP contribution in [0.4, 0.5) is 0 Å². The Kier molecular flexibility index (Phi) is 10.0. The van der Waals surface area contributed by atoms with E-state index in [1.807, 2.05) is 10.7 Å². The number of aromatic nitrogens is 4. The quantitative estimate of drug-likeness (QED) is 0.0770. The highest BCUT2D eigenvalue weighted by molar-refractivity contribution is 6.45. The first-order valence-corrected chi connectivity index (χ1v) is 16.9. The van der Waals surface area contributed by atoms with Gasteiger partial charge in [-0.25, -0.2) is 4.68 Å². The molecular weight excluding hydrogens is 581 g/mol. The van der Waals surface area contributed by atoms with Gasteiger partial charge in [0.25, 0.3) is 0 Å². The minimum absolute atomic E-state index is 0.153. The standard InChI is InChI=1S/C39H46BN5O2/c1-37(2)38(3,4)47-40(46-37)29-18-17-27-35(36-42-43-44-45(36)30-28-31-19-9-5-10-20-31)41-39(32-21-11-6-12-22-32,33-23-13-7-14-24-33)34-25-15-8-16-26-34/h5-16,19-26,35,41H,17-18,27-30H2,1-4H3. The highest BCUT2D eigenvalue weighted by atomic mass is 16.7. The average molecular weight is 628 g/mol. The minimum Gasteiger partial charge on any atom is -0.403 e. The summed E-state index contributed by atoms with van der Waals surface area (Å²) in [5, 5.41) is 17.6. The number of benzene rings is 4. The molecule has 0 bridgehead atoms. The van der Waals surface area contributed by atoms with Gasteiger partial charge < -0.3 is 9.31 Å². The largest absolute Gasteiger partial charge is 0.457 e. The fourth-order valence-corrected chi connectivity index (χ4v) is 6.58. The topological polar surface area (TPSA) is 74.1 Å². The van der Waals surface area contributed by atoms with Gasteiger partial charge in [-0.1, -0.05) is 134 Å². The van der Waals surface area contributed by atoms with Gasteiger partial charge >= 0.3 is 7.12 Å². The first-order chi connectivity index (χ1) is 22.8. The third kappa shape index (κ3) is 7.25. The molecule has 8 heteroatoms. The van der Waals surface area contributed by atoms with E-state index in [0.717, 1.165) is 54.5 Å². The van der Waals surface area contributed by atoms with Crippen LogP contribution in [0.25, 0.3) is 0 Å². The Hall–Kier alpha value is -4.11. The normalized spacial score (nSPS) is 16.3. The second-order valence-corrected chi connectivity index (χ2v) is 13.5. The molecule has 1 saturated heterocycles. The lowest BCUT2D eigenvalue weighted by molar-refractivity contribution is 0.00578. The van der Waals surface area contributed by atoms with Crippen LogP contribution in [0.15, 0.2) is 121 Å². The van der Waals surface area contributed by atoms with Gasteiger partial charge in [-0.2, -0.15) is 0 Å². The van der Waals surface area contributed by atoms with Gasteiger partial charge in [-0.05, 0) is 79.5 Å². The predicted molar refractivity (Wildman–Crippen MR) is 188 cm³/mol. The van der Waals surface area contributed by atoms with E-state index in [2.05, 4.69) is 164 Å². The number of aryl methyl sites for hydroxylation is 2. The van der Waals surface area contributed by atoms with Gasteiger partial charge in [-0.15, -0.1) is 5.10 Å². The molecule has 242 valence electrons. The van der Waals surface area contributed by atoms with Crippen molar-refractivity contribution in [3.8, 4) is 0 Å². The second kappa shape index (κ2) is 14.3. The van der Waals surface area contributed by atoms with E-state index in [1.54, 1.807) is 0 Å². The first kappa shape index (κ1) is 32.8. The van der Waals surface area contributed by atoms with E-state index in [9.17, 15) is 0 Å². The molecule has 1 fully saturated rings. The Morgan fingerprint density at radius 3 is 1.70 bits per heavy atom. The molecule has 4 aromatic carbocycles. The fraction of sp³-hybridized carbons (Fsp3) is 0.359. The maximum atomic E-state index is 6.32. The highest BCUT2D eigenvalue weighted by Crippen LogP contribution is 2.41. The summed E-state index contributed by atoms with van der Waals surface area (Å²) in [4.78, 5) is 0. The maximum Gasteiger partial charge on any atom is 0.457 e.